The lowest BCUT2D eigenvalue weighted by molar-refractivity contribution is -0.137. The Kier molecular flexibility index (Phi) is 6.25. The Bertz CT molecular complexity index is 846. The summed E-state index contributed by atoms with van der Waals surface area (Å²) < 4.78 is 0. The first kappa shape index (κ1) is 19.6. The SMILES string of the molecule is O=C(CN1CCCCC1C(=O)N1CCCC1)Nc1ccccc1-c1ccccc1. The topological polar surface area (TPSA) is 52.7 Å². The monoisotopic (exact) mass is 391 g/mol. The van der Waals surface area contributed by atoms with Crippen LogP contribution in [-0.4, -0.2) is 53.8 Å². The van der Waals surface area contributed by atoms with Crippen LogP contribution in [0.2, 0.25) is 0 Å². The van der Waals surface area contributed by atoms with Crippen LogP contribution in [0.4, 0.5) is 5.69 Å². The molecule has 2 heterocycles. The predicted molar refractivity (Wildman–Crippen MR) is 116 cm³/mol. The van der Waals surface area contributed by atoms with Crippen molar-refractivity contribution in [3.8, 4) is 11.1 Å². The smallest absolute Gasteiger partial charge is 0.239 e. The van der Waals surface area contributed by atoms with Crippen LogP contribution in [0.1, 0.15) is 32.1 Å². The molecule has 152 valence electrons. The molecule has 5 nitrogen and oxygen atoms in total. The highest BCUT2D eigenvalue weighted by molar-refractivity contribution is 5.97. The summed E-state index contributed by atoms with van der Waals surface area (Å²) in [5.74, 6) is 0.147. The van der Waals surface area contributed by atoms with E-state index in [0.29, 0.717) is 0 Å². The number of piperidine rings is 1. The Labute approximate surface area is 172 Å². The van der Waals surface area contributed by atoms with E-state index in [4.69, 9.17) is 0 Å². The zero-order chi connectivity index (χ0) is 20.1. The van der Waals surface area contributed by atoms with Crippen LogP contribution < -0.4 is 5.32 Å². The molecule has 5 heteroatoms. The maximum atomic E-state index is 12.9. The summed E-state index contributed by atoms with van der Waals surface area (Å²) in [5.41, 5.74) is 2.89. The van der Waals surface area contributed by atoms with Gasteiger partial charge in [-0.3, -0.25) is 14.5 Å². The standard InChI is InChI=1S/C24H29N3O2/c28-23(25-21-13-5-4-12-20(21)19-10-2-1-3-11-19)18-27-17-7-6-14-22(27)24(29)26-15-8-9-16-26/h1-5,10-13,22H,6-9,14-18H2,(H,25,28). The molecule has 4 rings (SSSR count). The molecule has 0 saturated carbocycles. The number of carbonyl (C=O) groups excluding carboxylic acids is 2. The van der Waals surface area contributed by atoms with Crippen LogP contribution in [0.3, 0.4) is 0 Å². The molecule has 0 radical (unpaired) electrons. The number of hydrogen-bond acceptors (Lipinski definition) is 3. The Hall–Kier alpha value is -2.66. The lowest BCUT2D eigenvalue weighted by atomic mass is 10.0. The van der Waals surface area contributed by atoms with Crippen molar-refractivity contribution in [1.29, 1.82) is 0 Å². The Morgan fingerprint density at radius 2 is 1.55 bits per heavy atom. The highest BCUT2D eigenvalue weighted by Crippen LogP contribution is 2.28. The largest absolute Gasteiger partial charge is 0.341 e. The molecule has 0 aromatic heterocycles. The Morgan fingerprint density at radius 1 is 0.862 bits per heavy atom. The Morgan fingerprint density at radius 3 is 2.34 bits per heavy atom. The average molecular weight is 392 g/mol. The fourth-order valence-electron chi connectivity index (χ4n) is 4.44. The number of hydrogen-bond donors (Lipinski definition) is 1. The van der Waals surface area contributed by atoms with Gasteiger partial charge in [0.05, 0.1) is 12.6 Å². The molecule has 29 heavy (non-hydrogen) atoms. The van der Waals surface area contributed by atoms with Gasteiger partial charge in [0, 0.05) is 24.3 Å². The molecule has 2 aromatic carbocycles. The molecule has 1 atom stereocenters. The molecule has 2 aromatic rings. The normalized spacial score (nSPS) is 19.9. The van der Waals surface area contributed by atoms with Gasteiger partial charge in [-0.05, 0) is 43.9 Å². The highest BCUT2D eigenvalue weighted by atomic mass is 16.2. The zero-order valence-corrected chi connectivity index (χ0v) is 16.8. The van der Waals surface area contributed by atoms with Crippen molar-refractivity contribution in [1.82, 2.24) is 9.80 Å². The molecule has 0 aliphatic carbocycles. The number of rotatable bonds is 5. The van der Waals surface area contributed by atoms with Crippen LogP contribution in [0, 0.1) is 0 Å². The van der Waals surface area contributed by atoms with Crippen LogP contribution in [0.5, 0.6) is 0 Å². The van der Waals surface area contributed by atoms with Crippen molar-refractivity contribution in [3.63, 3.8) is 0 Å². The van der Waals surface area contributed by atoms with Gasteiger partial charge in [-0.2, -0.15) is 0 Å². The third-order valence-electron chi connectivity index (χ3n) is 5.95. The first-order chi connectivity index (χ1) is 14.2. The first-order valence-corrected chi connectivity index (χ1v) is 10.7. The summed E-state index contributed by atoms with van der Waals surface area (Å²) in [7, 11) is 0. The van der Waals surface area contributed by atoms with E-state index in [9.17, 15) is 9.59 Å². The van der Waals surface area contributed by atoms with E-state index in [0.717, 1.165) is 68.6 Å². The first-order valence-electron chi connectivity index (χ1n) is 10.7. The fourth-order valence-corrected chi connectivity index (χ4v) is 4.44. The Balaban J connectivity index is 1.44. The minimum atomic E-state index is -0.156. The van der Waals surface area contributed by atoms with Gasteiger partial charge >= 0.3 is 0 Å². The summed E-state index contributed by atoms with van der Waals surface area (Å²) in [6, 6.07) is 17.8. The van der Waals surface area contributed by atoms with Crippen molar-refractivity contribution >= 4 is 17.5 Å². The van der Waals surface area contributed by atoms with Gasteiger partial charge < -0.3 is 10.2 Å². The maximum Gasteiger partial charge on any atom is 0.239 e. The number of nitrogens with zero attached hydrogens (tertiary/aromatic N) is 2. The van der Waals surface area contributed by atoms with Gasteiger partial charge in [-0.1, -0.05) is 55.0 Å². The highest BCUT2D eigenvalue weighted by Gasteiger charge is 2.33. The second-order valence-corrected chi connectivity index (χ2v) is 7.97. The minimum absolute atomic E-state index is 0.0606. The maximum absolute atomic E-state index is 12.9. The van der Waals surface area contributed by atoms with Gasteiger partial charge in [0.15, 0.2) is 0 Å². The molecular weight excluding hydrogens is 362 g/mol. The summed E-state index contributed by atoms with van der Waals surface area (Å²) in [6.07, 6.45) is 5.13. The van der Waals surface area contributed by atoms with Crippen LogP contribution in [0.15, 0.2) is 54.6 Å². The van der Waals surface area contributed by atoms with Gasteiger partial charge in [0.1, 0.15) is 0 Å². The summed E-state index contributed by atoms with van der Waals surface area (Å²) in [4.78, 5) is 29.9. The van der Waals surface area contributed by atoms with Crippen molar-refractivity contribution in [2.24, 2.45) is 0 Å². The van der Waals surface area contributed by atoms with E-state index in [1.807, 2.05) is 59.5 Å². The van der Waals surface area contributed by atoms with Crippen LogP contribution in [0.25, 0.3) is 11.1 Å². The molecule has 2 amide bonds. The van der Waals surface area contributed by atoms with Crippen molar-refractivity contribution < 1.29 is 9.59 Å². The summed E-state index contributed by atoms with van der Waals surface area (Å²) in [5, 5.41) is 3.08. The fraction of sp³-hybridized carbons (Fsp3) is 0.417. The van der Waals surface area contributed by atoms with E-state index < -0.39 is 0 Å². The van der Waals surface area contributed by atoms with E-state index in [1.54, 1.807) is 0 Å². The predicted octanol–water partition coefficient (Wildman–Crippen LogP) is 3.77. The molecule has 2 aliphatic heterocycles. The molecule has 2 fully saturated rings. The molecule has 2 saturated heterocycles. The van der Waals surface area contributed by atoms with Crippen LogP contribution in [-0.2, 0) is 9.59 Å². The lowest BCUT2D eigenvalue weighted by Gasteiger charge is -2.36. The van der Waals surface area contributed by atoms with E-state index in [-0.39, 0.29) is 24.4 Å². The summed E-state index contributed by atoms with van der Waals surface area (Å²) in [6.45, 7) is 2.78. The van der Waals surface area contributed by atoms with Gasteiger partial charge in [-0.15, -0.1) is 0 Å². The van der Waals surface area contributed by atoms with E-state index in [1.165, 1.54) is 0 Å². The average Bonchev–Trinajstić information content (AvgIpc) is 3.30. The molecule has 1 N–H and O–H groups in total. The lowest BCUT2D eigenvalue weighted by Crippen LogP contribution is -2.52. The quantitative estimate of drug-likeness (QED) is 0.844. The van der Waals surface area contributed by atoms with E-state index in [2.05, 4.69) is 10.2 Å². The number of benzene rings is 2. The summed E-state index contributed by atoms with van der Waals surface area (Å²) >= 11 is 0. The second-order valence-electron chi connectivity index (χ2n) is 7.97. The second kappa shape index (κ2) is 9.23. The third kappa shape index (κ3) is 4.67. The molecule has 0 spiro atoms. The minimum Gasteiger partial charge on any atom is -0.341 e. The molecule has 0 bridgehead atoms. The van der Waals surface area contributed by atoms with Crippen molar-refractivity contribution in [3.05, 3.63) is 54.6 Å². The van der Waals surface area contributed by atoms with E-state index >= 15 is 0 Å². The molecule has 2 aliphatic rings. The number of para-hydroxylation sites is 1. The number of amides is 2. The number of anilines is 1. The molecule has 1 unspecified atom stereocenters. The van der Waals surface area contributed by atoms with Crippen molar-refractivity contribution in [2.75, 3.05) is 31.5 Å². The number of carbonyl (C=O) groups is 2. The molecular formula is C24H29N3O2. The van der Waals surface area contributed by atoms with Crippen LogP contribution >= 0.6 is 0 Å². The number of nitrogens with one attached hydrogen (secondary N) is 1. The van der Waals surface area contributed by atoms with Gasteiger partial charge in [0.2, 0.25) is 11.8 Å². The third-order valence-corrected chi connectivity index (χ3v) is 5.95. The van der Waals surface area contributed by atoms with Gasteiger partial charge in [0.25, 0.3) is 0 Å². The van der Waals surface area contributed by atoms with Crippen molar-refractivity contribution in [2.45, 2.75) is 38.1 Å². The zero-order valence-electron chi connectivity index (χ0n) is 16.8. The number of likely N-dealkylation sites (tertiary alicyclic amines) is 2. The van der Waals surface area contributed by atoms with Gasteiger partial charge in [-0.25, -0.2) is 0 Å².